The highest BCUT2D eigenvalue weighted by molar-refractivity contribution is 9.10. The number of esters is 1. The molecule has 0 saturated carbocycles. The van der Waals surface area contributed by atoms with Gasteiger partial charge in [0.2, 0.25) is 0 Å². The van der Waals surface area contributed by atoms with Crippen LogP contribution >= 0.6 is 15.9 Å². The summed E-state index contributed by atoms with van der Waals surface area (Å²) in [5, 5.41) is 5.11. The molecule has 232 valence electrons. The third-order valence-corrected chi connectivity index (χ3v) is 7.43. The smallest absolute Gasteiger partial charge is 0.347 e. The minimum atomic E-state index is -0.845. The number of nitrogens with zero attached hydrogens (tertiary/aromatic N) is 3. The van der Waals surface area contributed by atoms with Crippen LogP contribution in [0, 0.1) is 6.92 Å². The number of halogens is 1. The van der Waals surface area contributed by atoms with Crippen LogP contribution in [0.15, 0.2) is 62.9 Å². The van der Waals surface area contributed by atoms with Gasteiger partial charge in [-0.1, -0.05) is 26.0 Å². The lowest BCUT2D eigenvalue weighted by molar-refractivity contribution is -0.150. The second-order valence-corrected chi connectivity index (χ2v) is 11.2. The third-order valence-electron chi connectivity index (χ3n) is 6.84. The van der Waals surface area contributed by atoms with Crippen LogP contribution in [0.2, 0.25) is 0 Å². The quantitative estimate of drug-likeness (QED) is 0.116. The molecule has 4 aromatic rings. The van der Waals surface area contributed by atoms with Crippen LogP contribution in [-0.2, 0) is 9.53 Å². The van der Waals surface area contributed by atoms with Crippen LogP contribution < -0.4 is 19.8 Å². The lowest BCUT2D eigenvalue weighted by Gasteiger charge is -2.19. The summed E-state index contributed by atoms with van der Waals surface area (Å²) in [7, 11) is 0. The molecule has 0 aliphatic carbocycles. The highest BCUT2D eigenvalue weighted by atomic mass is 79.9. The molecule has 0 saturated heterocycles. The molecule has 4 rings (SSSR count). The van der Waals surface area contributed by atoms with Gasteiger partial charge in [-0.2, -0.15) is 9.78 Å². The van der Waals surface area contributed by atoms with Crippen LogP contribution in [0.4, 0.5) is 0 Å². The van der Waals surface area contributed by atoms with Gasteiger partial charge in [0.1, 0.15) is 5.75 Å². The standard InChI is InChI=1S/C34H38BrN3O6/c1-8-41-29-15-21(6)26(18-25(29)20(4)5)32-37-28-14-12-11-13-24(28)33(39)38(32)36-19-23-16-27(35)31(30(17-23)42-9-2)44-22(7)34(40)43-10-3/h11-20,22H,8-10H2,1-7H3/t22-/m1/s1. The zero-order valence-electron chi connectivity index (χ0n) is 26.1. The Kier molecular flexibility index (Phi) is 10.8. The van der Waals surface area contributed by atoms with Gasteiger partial charge in [0.25, 0.3) is 5.56 Å². The van der Waals surface area contributed by atoms with E-state index in [9.17, 15) is 9.59 Å². The summed E-state index contributed by atoms with van der Waals surface area (Å²) < 4.78 is 24.6. The predicted octanol–water partition coefficient (Wildman–Crippen LogP) is 7.27. The molecule has 0 unspecified atom stereocenters. The van der Waals surface area contributed by atoms with E-state index in [1.54, 1.807) is 44.3 Å². The van der Waals surface area contributed by atoms with Crippen molar-refractivity contribution in [3.05, 3.63) is 80.0 Å². The van der Waals surface area contributed by atoms with E-state index in [2.05, 4.69) is 34.9 Å². The van der Waals surface area contributed by atoms with Crippen molar-refractivity contribution in [2.24, 2.45) is 5.10 Å². The van der Waals surface area contributed by atoms with Crippen molar-refractivity contribution in [3.63, 3.8) is 0 Å². The average molecular weight is 665 g/mol. The van der Waals surface area contributed by atoms with E-state index >= 15 is 0 Å². The van der Waals surface area contributed by atoms with E-state index in [1.165, 1.54) is 4.68 Å². The Morgan fingerprint density at radius 3 is 2.39 bits per heavy atom. The predicted molar refractivity (Wildman–Crippen MR) is 176 cm³/mol. The molecular weight excluding hydrogens is 626 g/mol. The van der Waals surface area contributed by atoms with Crippen LogP contribution in [0.5, 0.6) is 17.2 Å². The van der Waals surface area contributed by atoms with Crippen molar-refractivity contribution in [2.45, 2.75) is 60.5 Å². The first kappa shape index (κ1) is 32.7. The molecule has 1 heterocycles. The van der Waals surface area contributed by atoms with Crippen molar-refractivity contribution in [1.82, 2.24) is 9.66 Å². The highest BCUT2D eigenvalue weighted by Crippen LogP contribution is 2.38. The lowest BCUT2D eigenvalue weighted by atomic mass is 9.96. The van der Waals surface area contributed by atoms with E-state index in [1.807, 2.05) is 45.0 Å². The number of hydrogen-bond donors (Lipinski definition) is 0. The Bertz CT molecular complexity index is 1750. The Morgan fingerprint density at radius 2 is 1.70 bits per heavy atom. The SMILES string of the molecule is CCOC(=O)[C@@H](C)Oc1c(Br)cc(C=Nn2c(-c3cc(C(C)C)c(OCC)cc3C)nc3ccccc3c2=O)cc1OCC. The normalized spacial score (nSPS) is 12.1. The lowest BCUT2D eigenvalue weighted by Crippen LogP contribution is -2.26. The number of hydrogen-bond acceptors (Lipinski definition) is 8. The molecule has 9 nitrogen and oxygen atoms in total. The molecule has 0 radical (unpaired) electrons. The fraction of sp³-hybridized carbons (Fsp3) is 0.353. The summed E-state index contributed by atoms with van der Waals surface area (Å²) in [6.07, 6.45) is 0.725. The number of carbonyl (C=O) groups is 1. The van der Waals surface area contributed by atoms with Gasteiger partial charge < -0.3 is 18.9 Å². The van der Waals surface area contributed by atoms with Gasteiger partial charge in [0.15, 0.2) is 23.4 Å². The first-order valence-electron chi connectivity index (χ1n) is 14.7. The van der Waals surface area contributed by atoms with Gasteiger partial charge >= 0.3 is 5.97 Å². The summed E-state index contributed by atoms with van der Waals surface area (Å²) in [5.41, 5.74) is 3.62. The van der Waals surface area contributed by atoms with E-state index < -0.39 is 12.1 Å². The van der Waals surface area contributed by atoms with Gasteiger partial charge in [-0.25, -0.2) is 9.78 Å². The maximum absolute atomic E-state index is 13.9. The Morgan fingerprint density at radius 1 is 1.00 bits per heavy atom. The first-order chi connectivity index (χ1) is 21.1. The molecule has 3 aromatic carbocycles. The van der Waals surface area contributed by atoms with E-state index in [4.69, 9.17) is 23.9 Å². The summed E-state index contributed by atoms with van der Waals surface area (Å²) >= 11 is 3.55. The molecule has 44 heavy (non-hydrogen) atoms. The van der Waals surface area contributed by atoms with E-state index in [0.717, 1.165) is 22.4 Å². The molecule has 0 aliphatic heterocycles. The number of aromatic nitrogens is 2. The minimum absolute atomic E-state index is 0.182. The minimum Gasteiger partial charge on any atom is -0.494 e. The molecule has 1 aromatic heterocycles. The van der Waals surface area contributed by atoms with E-state index in [-0.39, 0.29) is 18.1 Å². The summed E-state index contributed by atoms with van der Waals surface area (Å²) in [6.45, 7) is 14.5. The van der Waals surface area contributed by atoms with Gasteiger partial charge in [-0.05, 0) is 110 Å². The zero-order chi connectivity index (χ0) is 32.0. The zero-order valence-corrected chi connectivity index (χ0v) is 27.7. The molecule has 0 fully saturated rings. The Hall–Kier alpha value is -4.18. The van der Waals surface area contributed by atoms with Gasteiger partial charge in [-0.15, -0.1) is 0 Å². The van der Waals surface area contributed by atoms with Crippen molar-refractivity contribution in [1.29, 1.82) is 0 Å². The van der Waals surface area contributed by atoms with Crippen LogP contribution in [0.3, 0.4) is 0 Å². The fourth-order valence-corrected chi connectivity index (χ4v) is 5.28. The van der Waals surface area contributed by atoms with Crippen LogP contribution in [-0.4, -0.2) is 47.8 Å². The topological polar surface area (TPSA) is 101 Å². The number of rotatable bonds is 12. The number of para-hydroxylation sites is 1. The Balaban J connectivity index is 1.86. The molecule has 0 aliphatic rings. The van der Waals surface area contributed by atoms with Gasteiger partial charge in [0.05, 0.1) is 41.4 Å². The maximum atomic E-state index is 13.9. The highest BCUT2D eigenvalue weighted by Gasteiger charge is 2.22. The molecule has 0 amide bonds. The van der Waals surface area contributed by atoms with E-state index in [0.29, 0.717) is 51.5 Å². The fourth-order valence-electron chi connectivity index (χ4n) is 4.72. The largest absolute Gasteiger partial charge is 0.494 e. The van der Waals surface area contributed by atoms with Crippen molar-refractivity contribution < 1.29 is 23.7 Å². The van der Waals surface area contributed by atoms with Crippen molar-refractivity contribution in [3.8, 4) is 28.6 Å². The van der Waals surface area contributed by atoms with Gasteiger partial charge in [0, 0.05) is 5.56 Å². The third kappa shape index (κ3) is 7.13. The molecule has 0 spiro atoms. The second kappa shape index (κ2) is 14.5. The molecule has 0 N–H and O–H groups in total. The molecule has 10 heteroatoms. The number of aryl methyl sites for hydroxylation is 1. The first-order valence-corrected chi connectivity index (χ1v) is 15.5. The number of carbonyl (C=O) groups excluding carboxylic acids is 1. The van der Waals surface area contributed by atoms with Crippen molar-refractivity contribution >= 4 is 39.0 Å². The number of ether oxygens (including phenoxy) is 4. The summed E-state index contributed by atoms with van der Waals surface area (Å²) in [5.74, 6) is 1.71. The van der Waals surface area contributed by atoms with Gasteiger partial charge in [-0.3, -0.25) is 4.79 Å². The number of benzene rings is 3. The van der Waals surface area contributed by atoms with Crippen molar-refractivity contribution in [2.75, 3.05) is 19.8 Å². The summed E-state index contributed by atoms with van der Waals surface area (Å²) in [6, 6.07) is 14.8. The summed E-state index contributed by atoms with van der Waals surface area (Å²) in [4.78, 5) is 31.0. The second-order valence-electron chi connectivity index (χ2n) is 10.4. The maximum Gasteiger partial charge on any atom is 0.347 e. The van der Waals surface area contributed by atoms with Crippen LogP contribution in [0.1, 0.15) is 64.2 Å². The van der Waals surface area contributed by atoms with Crippen LogP contribution in [0.25, 0.3) is 22.3 Å². The molecular formula is C34H38BrN3O6. The Labute approximate surface area is 265 Å². The molecule has 1 atom stereocenters. The average Bonchev–Trinajstić information content (AvgIpc) is 2.98. The molecule has 0 bridgehead atoms. The number of fused-ring (bicyclic) bond motifs is 1. The monoisotopic (exact) mass is 663 g/mol.